The van der Waals surface area contributed by atoms with Gasteiger partial charge in [0.1, 0.15) is 6.04 Å². The smallest absolute Gasteiger partial charge is 0.254 e. The molecule has 0 radical (unpaired) electrons. The second-order valence-electron chi connectivity index (χ2n) is 9.96. The first kappa shape index (κ1) is 27.9. The van der Waals surface area contributed by atoms with Crippen LogP contribution in [0.25, 0.3) is 0 Å². The molecule has 3 aromatic rings. The minimum atomic E-state index is -1.53. The highest BCUT2D eigenvalue weighted by molar-refractivity contribution is 8.00. The van der Waals surface area contributed by atoms with Crippen LogP contribution in [0.2, 0.25) is 0 Å². The van der Waals surface area contributed by atoms with Crippen molar-refractivity contribution in [2.24, 2.45) is 0 Å². The number of thioether (sulfide) groups is 1. The van der Waals surface area contributed by atoms with Gasteiger partial charge in [-0.15, -0.1) is 11.8 Å². The molecule has 7 nitrogen and oxygen atoms in total. The molecule has 2 heterocycles. The van der Waals surface area contributed by atoms with E-state index in [1.54, 1.807) is 16.8 Å². The highest BCUT2D eigenvalue weighted by Crippen LogP contribution is 2.40. The SMILES string of the molecule is Cc1ccccc1CNC(=O)C1N(C(=O)C(O)C(Cc2ccccc2)NC(=O)c2ccsc2)CSC1(C)C. The second-order valence-corrected chi connectivity index (χ2v) is 12.3. The molecule has 0 saturated carbocycles. The summed E-state index contributed by atoms with van der Waals surface area (Å²) in [5.41, 5.74) is 3.42. The zero-order chi connectivity index (χ0) is 27.3. The summed E-state index contributed by atoms with van der Waals surface area (Å²) in [6.45, 7) is 6.19. The summed E-state index contributed by atoms with van der Waals surface area (Å²) < 4.78 is -0.556. The standard InChI is InChI=1S/C29H33N3O4S2/c1-19-9-7-8-12-21(19)16-30-27(35)25-29(2,3)38-18-32(25)28(36)24(33)23(15-20-10-5-4-6-11-20)31-26(34)22-13-14-37-17-22/h4-14,17,23-25,33H,15-16,18H2,1-3H3,(H,30,35)(H,31,34). The zero-order valence-corrected chi connectivity index (χ0v) is 23.4. The molecule has 2 aromatic carbocycles. The van der Waals surface area contributed by atoms with E-state index in [-0.39, 0.29) is 24.1 Å². The van der Waals surface area contributed by atoms with Gasteiger partial charge >= 0.3 is 0 Å². The fourth-order valence-electron chi connectivity index (χ4n) is 4.60. The van der Waals surface area contributed by atoms with Crippen molar-refractivity contribution in [1.82, 2.24) is 15.5 Å². The summed E-state index contributed by atoms with van der Waals surface area (Å²) >= 11 is 2.88. The Hall–Kier alpha value is -3.14. The summed E-state index contributed by atoms with van der Waals surface area (Å²) in [7, 11) is 0. The molecule has 38 heavy (non-hydrogen) atoms. The molecule has 3 N–H and O–H groups in total. The molecule has 0 aliphatic carbocycles. The molecule has 3 amide bonds. The summed E-state index contributed by atoms with van der Waals surface area (Å²) in [6, 6.07) is 17.3. The first-order chi connectivity index (χ1) is 18.2. The first-order valence-electron chi connectivity index (χ1n) is 12.5. The topological polar surface area (TPSA) is 98.7 Å². The highest BCUT2D eigenvalue weighted by Gasteiger charge is 2.49. The molecule has 4 rings (SSSR count). The molecule has 0 spiro atoms. The number of hydrogen-bond acceptors (Lipinski definition) is 6. The van der Waals surface area contributed by atoms with Gasteiger partial charge in [0.15, 0.2) is 6.10 Å². The number of nitrogens with zero attached hydrogens (tertiary/aromatic N) is 1. The predicted octanol–water partition coefficient (Wildman–Crippen LogP) is 3.76. The molecule has 1 saturated heterocycles. The quantitative estimate of drug-likeness (QED) is 0.376. The van der Waals surface area contributed by atoms with E-state index >= 15 is 0 Å². The number of rotatable bonds is 9. The molecular formula is C29H33N3O4S2. The number of thiophene rings is 1. The third kappa shape index (κ3) is 6.46. The average molecular weight is 552 g/mol. The summed E-state index contributed by atoms with van der Waals surface area (Å²) in [4.78, 5) is 41.4. The number of carbonyl (C=O) groups is 3. The number of benzene rings is 2. The van der Waals surface area contributed by atoms with E-state index in [0.717, 1.165) is 16.7 Å². The van der Waals surface area contributed by atoms with Crippen LogP contribution in [-0.2, 0) is 22.6 Å². The van der Waals surface area contributed by atoms with Crippen molar-refractivity contribution in [1.29, 1.82) is 0 Å². The van der Waals surface area contributed by atoms with Crippen molar-refractivity contribution in [3.05, 3.63) is 93.7 Å². The van der Waals surface area contributed by atoms with Crippen LogP contribution in [-0.4, -0.2) is 56.5 Å². The number of aliphatic hydroxyl groups excluding tert-OH is 1. The minimum Gasteiger partial charge on any atom is -0.381 e. The number of aryl methyl sites for hydroxylation is 1. The number of amides is 3. The van der Waals surface area contributed by atoms with Crippen LogP contribution >= 0.6 is 23.1 Å². The monoisotopic (exact) mass is 551 g/mol. The molecule has 200 valence electrons. The lowest BCUT2D eigenvalue weighted by Crippen LogP contribution is -2.58. The highest BCUT2D eigenvalue weighted by atomic mass is 32.2. The molecule has 1 fully saturated rings. The van der Waals surface area contributed by atoms with Crippen LogP contribution in [0.4, 0.5) is 0 Å². The minimum absolute atomic E-state index is 0.262. The van der Waals surface area contributed by atoms with E-state index in [9.17, 15) is 19.5 Å². The maximum Gasteiger partial charge on any atom is 0.254 e. The maximum atomic E-state index is 13.7. The number of hydrogen-bond donors (Lipinski definition) is 3. The van der Waals surface area contributed by atoms with E-state index in [4.69, 9.17) is 0 Å². The lowest BCUT2D eigenvalue weighted by molar-refractivity contribution is -0.147. The van der Waals surface area contributed by atoms with Crippen molar-refractivity contribution in [2.75, 3.05) is 5.88 Å². The zero-order valence-electron chi connectivity index (χ0n) is 21.7. The fourth-order valence-corrected chi connectivity index (χ4v) is 6.37. The molecule has 1 aliphatic heterocycles. The number of carbonyl (C=O) groups excluding carboxylic acids is 3. The third-order valence-corrected chi connectivity index (χ3v) is 8.88. The summed E-state index contributed by atoms with van der Waals surface area (Å²) in [6.07, 6.45) is -1.27. The molecule has 3 unspecified atom stereocenters. The van der Waals surface area contributed by atoms with Crippen LogP contribution < -0.4 is 10.6 Å². The van der Waals surface area contributed by atoms with Gasteiger partial charge in [0.25, 0.3) is 11.8 Å². The van der Waals surface area contributed by atoms with Gasteiger partial charge in [0.2, 0.25) is 5.91 Å². The average Bonchev–Trinajstić information content (AvgIpc) is 3.55. The normalized spacial score (nSPS) is 18.0. The first-order valence-corrected chi connectivity index (χ1v) is 14.4. The van der Waals surface area contributed by atoms with Gasteiger partial charge in [-0.05, 0) is 55.3 Å². The Morgan fingerprint density at radius 3 is 2.47 bits per heavy atom. The largest absolute Gasteiger partial charge is 0.381 e. The molecule has 3 atom stereocenters. The van der Waals surface area contributed by atoms with Crippen molar-refractivity contribution in [3.63, 3.8) is 0 Å². The summed E-state index contributed by atoms with van der Waals surface area (Å²) in [5.74, 6) is -0.943. The predicted molar refractivity (Wildman–Crippen MR) is 152 cm³/mol. The number of aliphatic hydroxyl groups is 1. The van der Waals surface area contributed by atoms with Gasteiger partial charge in [-0.2, -0.15) is 11.3 Å². The Morgan fingerprint density at radius 2 is 1.79 bits per heavy atom. The van der Waals surface area contributed by atoms with E-state index in [2.05, 4.69) is 10.6 Å². The Labute approximate surface area is 231 Å². The molecule has 1 aromatic heterocycles. The fraction of sp³-hybridized carbons (Fsp3) is 0.345. The molecule has 9 heteroatoms. The van der Waals surface area contributed by atoms with Crippen LogP contribution in [0.5, 0.6) is 0 Å². The lowest BCUT2D eigenvalue weighted by Gasteiger charge is -2.33. The third-order valence-electron chi connectivity index (χ3n) is 6.82. The van der Waals surface area contributed by atoms with Gasteiger partial charge in [0.05, 0.1) is 11.9 Å². The maximum absolute atomic E-state index is 13.7. The van der Waals surface area contributed by atoms with E-state index < -0.39 is 28.8 Å². The molecular weight excluding hydrogens is 518 g/mol. The van der Waals surface area contributed by atoms with Crippen molar-refractivity contribution in [3.8, 4) is 0 Å². The van der Waals surface area contributed by atoms with Gasteiger partial charge in [-0.25, -0.2) is 0 Å². The van der Waals surface area contributed by atoms with E-state index in [1.165, 1.54) is 28.0 Å². The molecule has 1 aliphatic rings. The Morgan fingerprint density at radius 1 is 1.08 bits per heavy atom. The van der Waals surface area contributed by atoms with Crippen molar-refractivity contribution < 1.29 is 19.5 Å². The Bertz CT molecular complexity index is 1260. The second kappa shape index (κ2) is 12.1. The molecule has 0 bridgehead atoms. The van der Waals surface area contributed by atoms with Crippen LogP contribution in [0, 0.1) is 6.92 Å². The number of nitrogens with one attached hydrogen (secondary N) is 2. The van der Waals surface area contributed by atoms with E-state index in [0.29, 0.717) is 12.1 Å². The van der Waals surface area contributed by atoms with Gasteiger partial charge in [-0.1, -0.05) is 54.6 Å². The lowest BCUT2D eigenvalue weighted by atomic mass is 9.97. The van der Waals surface area contributed by atoms with Gasteiger partial charge in [-0.3, -0.25) is 14.4 Å². The van der Waals surface area contributed by atoms with Crippen LogP contribution in [0.15, 0.2) is 71.4 Å². The van der Waals surface area contributed by atoms with Crippen LogP contribution in [0.3, 0.4) is 0 Å². The Balaban J connectivity index is 1.52. The van der Waals surface area contributed by atoms with Crippen molar-refractivity contribution in [2.45, 2.75) is 56.7 Å². The van der Waals surface area contributed by atoms with Crippen LogP contribution in [0.1, 0.15) is 40.9 Å². The van der Waals surface area contributed by atoms with Crippen molar-refractivity contribution >= 4 is 40.8 Å². The summed E-state index contributed by atoms with van der Waals surface area (Å²) in [5, 5.41) is 20.7. The van der Waals surface area contributed by atoms with E-state index in [1.807, 2.05) is 75.4 Å². The Kier molecular flexibility index (Phi) is 8.91. The van der Waals surface area contributed by atoms with Gasteiger partial charge < -0.3 is 20.6 Å². The van der Waals surface area contributed by atoms with Gasteiger partial charge in [0, 0.05) is 22.2 Å².